The highest BCUT2D eigenvalue weighted by Gasteiger charge is 2.35. The van der Waals surface area contributed by atoms with E-state index in [1.165, 1.54) is 0 Å². The lowest BCUT2D eigenvalue weighted by atomic mass is 10.00. The summed E-state index contributed by atoms with van der Waals surface area (Å²) in [5.41, 5.74) is 2.54. The van der Waals surface area contributed by atoms with E-state index >= 15 is 0 Å². The molecular weight excluding hydrogens is 364 g/mol. The number of fused-ring (bicyclic) bond motifs is 1. The first kappa shape index (κ1) is 18.0. The number of anilines is 1. The highest BCUT2D eigenvalue weighted by atomic mass is 32.1. The second-order valence-corrected chi connectivity index (χ2v) is 7.59. The van der Waals surface area contributed by atoms with Crippen LogP contribution >= 0.6 is 11.3 Å². The number of esters is 1. The quantitative estimate of drug-likeness (QED) is 0.740. The molecule has 7 heteroatoms. The Balaban J connectivity index is 1.72. The fourth-order valence-electron chi connectivity index (χ4n) is 3.64. The molecule has 2 aromatic rings. The van der Waals surface area contributed by atoms with Crippen molar-refractivity contribution in [3.8, 4) is 0 Å². The molecule has 0 N–H and O–H groups in total. The number of carbonyl (C=O) groups is 2. The van der Waals surface area contributed by atoms with Crippen molar-refractivity contribution in [1.29, 1.82) is 0 Å². The summed E-state index contributed by atoms with van der Waals surface area (Å²) in [5.74, 6) is -0.529. The molecule has 1 amide bonds. The Kier molecular flexibility index (Phi) is 5.13. The lowest BCUT2D eigenvalue weighted by molar-refractivity contribution is 0.0520. The van der Waals surface area contributed by atoms with Crippen LogP contribution in [0.4, 0.5) is 5.69 Å². The van der Waals surface area contributed by atoms with Gasteiger partial charge in [-0.2, -0.15) is 0 Å². The molecule has 27 heavy (non-hydrogen) atoms. The molecule has 0 atom stereocenters. The number of hydrogen-bond donors (Lipinski definition) is 0. The average molecular weight is 386 g/mol. The van der Waals surface area contributed by atoms with Gasteiger partial charge >= 0.3 is 5.97 Å². The Morgan fingerprint density at radius 3 is 2.78 bits per heavy atom. The summed E-state index contributed by atoms with van der Waals surface area (Å²) in [7, 11) is 0. The van der Waals surface area contributed by atoms with Crippen molar-refractivity contribution in [2.45, 2.75) is 20.0 Å². The smallest absolute Gasteiger partial charge is 0.341 e. The number of hydrogen-bond acceptors (Lipinski definition) is 6. The van der Waals surface area contributed by atoms with Gasteiger partial charge in [-0.25, -0.2) is 4.79 Å². The van der Waals surface area contributed by atoms with E-state index in [0.29, 0.717) is 50.5 Å². The van der Waals surface area contributed by atoms with Gasteiger partial charge in [0.15, 0.2) is 0 Å². The first-order chi connectivity index (χ1) is 13.2. The van der Waals surface area contributed by atoms with Crippen molar-refractivity contribution in [2.24, 2.45) is 0 Å². The minimum Gasteiger partial charge on any atom is -0.462 e. The van der Waals surface area contributed by atoms with Gasteiger partial charge in [-0.15, -0.1) is 11.3 Å². The van der Waals surface area contributed by atoms with Crippen molar-refractivity contribution in [3.63, 3.8) is 0 Å². The van der Waals surface area contributed by atoms with Gasteiger partial charge in [0.05, 0.1) is 43.2 Å². The lowest BCUT2D eigenvalue weighted by Gasteiger charge is -2.30. The topological polar surface area (TPSA) is 59.1 Å². The molecule has 0 bridgehead atoms. The number of morpholine rings is 1. The minimum atomic E-state index is -0.429. The SMILES string of the molecule is CCOC(=O)c1c(N2CCOCC2)ccc2c1C(=O)N(Cc1cccs1)C2. The number of amides is 1. The number of carbonyl (C=O) groups excluding carboxylic acids is 2. The summed E-state index contributed by atoms with van der Waals surface area (Å²) in [6, 6.07) is 7.91. The standard InChI is InChI=1S/C20H22N2O4S/c1-2-26-20(24)18-16(21-7-9-25-10-8-21)6-5-14-12-22(19(23)17(14)18)13-15-4-3-11-27-15/h3-6,11H,2,7-10,12-13H2,1H3. The van der Waals surface area contributed by atoms with E-state index in [4.69, 9.17) is 9.47 Å². The molecule has 4 rings (SSSR count). The molecule has 3 heterocycles. The van der Waals surface area contributed by atoms with Crippen LogP contribution in [0.25, 0.3) is 0 Å². The Morgan fingerprint density at radius 1 is 1.26 bits per heavy atom. The molecule has 142 valence electrons. The van der Waals surface area contributed by atoms with Crippen molar-refractivity contribution >= 4 is 28.9 Å². The number of thiophene rings is 1. The molecular formula is C20H22N2O4S. The Labute approximate surface area is 162 Å². The zero-order valence-electron chi connectivity index (χ0n) is 15.3. The summed E-state index contributed by atoms with van der Waals surface area (Å²) >= 11 is 1.63. The fourth-order valence-corrected chi connectivity index (χ4v) is 4.36. The van der Waals surface area contributed by atoms with E-state index < -0.39 is 5.97 Å². The average Bonchev–Trinajstić information content (AvgIpc) is 3.31. The van der Waals surface area contributed by atoms with Crippen LogP contribution in [0.15, 0.2) is 29.6 Å². The number of benzene rings is 1. The van der Waals surface area contributed by atoms with Crippen molar-refractivity contribution < 1.29 is 19.1 Å². The number of ether oxygens (including phenoxy) is 2. The molecule has 2 aliphatic rings. The van der Waals surface area contributed by atoms with E-state index in [1.54, 1.807) is 23.2 Å². The van der Waals surface area contributed by atoms with Crippen LogP contribution in [0.2, 0.25) is 0 Å². The van der Waals surface area contributed by atoms with Crippen molar-refractivity contribution in [1.82, 2.24) is 4.90 Å². The maximum absolute atomic E-state index is 13.2. The molecule has 0 saturated carbocycles. The van der Waals surface area contributed by atoms with Crippen LogP contribution < -0.4 is 4.90 Å². The van der Waals surface area contributed by atoms with Crippen LogP contribution in [0.1, 0.15) is 38.1 Å². The van der Waals surface area contributed by atoms with Crippen LogP contribution in [0.5, 0.6) is 0 Å². The molecule has 1 saturated heterocycles. The third-order valence-electron chi connectivity index (χ3n) is 4.89. The van der Waals surface area contributed by atoms with Crippen molar-refractivity contribution in [3.05, 3.63) is 51.2 Å². The molecule has 0 radical (unpaired) electrons. The highest BCUT2D eigenvalue weighted by Crippen LogP contribution is 2.35. The van der Waals surface area contributed by atoms with Gasteiger partial charge in [-0.3, -0.25) is 4.79 Å². The molecule has 1 fully saturated rings. The lowest BCUT2D eigenvalue weighted by Crippen LogP contribution is -2.37. The summed E-state index contributed by atoms with van der Waals surface area (Å²) in [5, 5.41) is 2.00. The van der Waals surface area contributed by atoms with Crippen LogP contribution in [0, 0.1) is 0 Å². The number of nitrogens with zero attached hydrogens (tertiary/aromatic N) is 2. The third-order valence-corrected chi connectivity index (χ3v) is 5.75. The molecule has 6 nitrogen and oxygen atoms in total. The predicted molar refractivity (Wildman–Crippen MR) is 103 cm³/mol. The van der Waals surface area contributed by atoms with Gasteiger partial charge in [0, 0.05) is 24.5 Å². The third kappa shape index (κ3) is 3.44. The highest BCUT2D eigenvalue weighted by molar-refractivity contribution is 7.09. The first-order valence-corrected chi connectivity index (χ1v) is 10.0. The maximum atomic E-state index is 13.2. The Bertz CT molecular complexity index is 844. The summed E-state index contributed by atoms with van der Waals surface area (Å²) in [4.78, 5) is 31.0. The zero-order valence-corrected chi connectivity index (χ0v) is 16.1. The van der Waals surface area contributed by atoms with Gasteiger partial charge in [0.2, 0.25) is 0 Å². The van der Waals surface area contributed by atoms with Crippen LogP contribution in [-0.2, 0) is 22.6 Å². The van der Waals surface area contributed by atoms with E-state index in [1.807, 2.05) is 29.6 Å². The summed E-state index contributed by atoms with van der Waals surface area (Å²) in [6.07, 6.45) is 0. The summed E-state index contributed by atoms with van der Waals surface area (Å²) < 4.78 is 10.7. The predicted octanol–water partition coefficient (Wildman–Crippen LogP) is 2.92. The van der Waals surface area contributed by atoms with E-state index in [9.17, 15) is 9.59 Å². The van der Waals surface area contributed by atoms with E-state index in [0.717, 1.165) is 16.1 Å². The maximum Gasteiger partial charge on any atom is 0.341 e. The van der Waals surface area contributed by atoms with Crippen LogP contribution in [0.3, 0.4) is 0 Å². The van der Waals surface area contributed by atoms with Gasteiger partial charge in [0.1, 0.15) is 0 Å². The molecule has 0 spiro atoms. The fraction of sp³-hybridized carbons (Fsp3) is 0.400. The monoisotopic (exact) mass is 386 g/mol. The largest absolute Gasteiger partial charge is 0.462 e. The Hall–Kier alpha value is -2.38. The molecule has 0 unspecified atom stereocenters. The van der Waals surface area contributed by atoms with Crippen molar-refractivity contribution in [2.75, 3.05) is 37.8 Å². The second-order valence-electron chi connectivity index (χ2n) is 6.55. The van der Waals surface area contributed by atoms with E-state index in [2.05, 4.69) is 4.90 Å². The van der Waals surface area contributed by atoms with E-state index in [-0.39, 0.29) is 12.5 Å². The second kappa shape index (κ2) is 7.70. The normalized spacial score (nSPS) is 16.6. The molecule has 0 aliphatic carbocycles. The molecule has 1 aromatic carbocycles. The molecule has 2 aliphatic heterocycles. The Morgan fingerprint density at radius 2 is 2.07 bits per heavy atom. The van der Waals surface area contributed by atoms with Gasteiger partial charge in [-0.05, 0) is 30.0 Å². The van der Waals surface area contributed by atoms with Gasteiger partial charge in [0.25, 0.3) is 5.91 Å². The summed E-state index contributed by atoms with van der Waals surface area (Å²) in [6.45, 7) is 5.73. The van der Waals surface area contributed by atoms with Gasteiger partial charge < -0.3 is 19.3 Å². The molecule has 1 aromatic heterocycles. The minimum absolute atomic E-state index is 0.100. The van der Waals surface area contributed by atoms with Gasteiger partial charge in [-0.1, -0.05) is 12.1 Å². The van der Waals surface area contributed by atoms with Crippen LogP contribution in [-0.4, -0.2) is 49.7 Å². The first-order valence-electron chi connectivity index (χ1n) is 9.16. The number of rotatable bonds is 5. The zero-order chi connectivity index (χ0) is 18.8.